The molecule has 1 fully saturated rings. The Bertz CT molecular complexity index is 589. The highest BCUT2D eigenvalue weighted by Gasteiger charge is 2.24. The molecule has 1 aromatic rings. The third-order valence-electron chi connectivity index (χ3n) is 3.80. The van der Waals surface area contributed by atoms with Gasteiger partial charge in [-0.3, -0.25) is 0 Å². The second-order valence-corrected chi connectivity index (χ2v) is 5.04. The summed E-state index contributed by atoms with van der Waals surface area (Å²) in [6, 6.07) is 4.36. The summed E-state index contributed by atoms with van der Waals surface area (Å²) in [5.74, 6) is 0.660. The van der Waals surface area contributed by atoms with Crippen LogP contribution >= 0.6 is 0 Å². The number of hydrogen-bond acceptors (Lipinski definition) is 5. The third kappa shape index (κ3) is 2.45. The summed E-state index contributed by atoms with van der Waals surface area (Å²) in [6.45, 7) is 5.13. The Labute approximate surface area is 119 Å². The van der Waals surface area contributed by atoms with Gasteiger partial charge in [0.1, 0.15) is 18.0 Å². The van der Waals surface area contributed by atoms with Gasteiger partial charge in [-0.15, -0.1) is 0 Å². The Morgan fingerprint density at radius 2 is 1.85 bits per heavy atom. The zero-order valence-corrected chi connectivity index (χ0v) is 11.8. The van der Waals surface area contributed by atoms with E-state index in [9.17, 15) is 15.6 Å². The quantitative estimate of drug-likeness (QED) is 0.883. The molecule has 1 saturated heterocycles. The van der Waals surface area contributed by atoms with Crippen molar-refractivity contribution in [1.82, 2.24) is 4.98 Å². The fourth-order valence-corrected chi connectivity index (χ4v) is 2.67. The van der Waals surface area contributed by atoms with E-state index in [4.69, 9.17) is 0 Å². The van der Waals surface area contributed by atoms with Crippen molar-refractivity contribution < 1.29 is 5.11 Å². The summed E-state index contributed by atoms with van der Waals surface area (Å²) in [7, 11) is 0. The Balaban J connectivity index is 2.52. The molecule has 1 N–H and O–H groups in total. The number of piperidine rings is 1. The lowest BCUT2D eigenvalue weighted by molar-refractivity contribution is 0.145. The van der Waals surface area contributed by atoms with Crippen LogP contribution in [0.4, 0.5) is 5.82 Å². The average molecular weight is 270 g/mol. The number of aliphatic hydroxyl groups excluding tert-OH is 1. The monoisotopic (exact) mass is 270 g/mol. The maximum Gasteiger partial charge on any atom is 0.147 e. The fraction of sp³-hybridized carbons (Fsp3) is 0.533. The molecule has 20 heavy (non-hydrogen) atoms. The summed E-state index contributed by atoms with van der Waals surface area (Å²) in [5.41, 5.74) is 2.48. The van der Waals surface area contributed by atoms with E-state index in [0.29, 0.717) is 55.0 Å². The van der Waals surface area contributed by atoms with Gasteiger partial charge in [0.15, 0.2) is 0 Å². The lowest BCUT2D eigenvalue weighted by atomic mass is 9.98. The number of nitrogens with zero attached hydrogens (tertiary/aromatic N) is 4. The van der Waals surface area contributed by atoms with Crippen LogP contribution in [0.1, 0.15) is 42.1 Å². The molecule has 1 aromatic heterocycles. The maximum absolute atomic E-state index is 9.58. The average Bonchev–Trinajstić information content (AvgIpc) is 2.46. The number of aliphatic hydroxyl groups is 1. The summed E-state index contributed by atoms with van der Waals surface area (Å²) >= 11 is 0. The molecule has 1 aliphatic heterocycles. The summed E-state index contributed by atoms with van der Waals surface area (Å²) in [5, 5.41) is 28.3. The fourth-order valence-electron chi connectivity index (χ4n) is 2.67. The lowest BCUT2D eigenvalue weighted by Gasteiger charge is -2.31. The summed E-state index contributed by atoms with van der Waals surface area (Å²) in [4.78, 5) is 6.51. The molecule has 2 heterocycles. The first-order valence-corrected chi connectivity index (χ1v) is 6.89. The van der Waals surface area contributed by atoms with Gasteiger partial charge in [-0.2, -0.15) is 10.5 Å². The number of hydrogen-bond donors (Lipinski definition) is 1. The number of rotatable bonds is 2. The van der Waals surface area contributed by atoms with Crippen LogP contribution in [0.3, 0.4) is 0 Å². The minimum atomic E-state index is -0.262. The van der Waals surface area contributed by atoms with Gasteiger partial charge in [0.2, 0.25) is 0 Å². The van der Waals surface area contributed by atoms with Crippen LogP contribution in [-0.4, -0.2) is 29.3 Å². The molecule has 0 radical (unpaired) electrons. The molecule has 104 valence electrons. The molecule has 0 amide bonds. The third-order valence-corrected chi connectivity index (χ3v) is 3.80. The molecular weight excluding hydrogens is 252 g/mol. The Morgan fingerprint density at radius 1 is 1.25 bits per heavy atom. The van der Waals surface area contributed by atoms with Gasteiger partial charge in [-0.05, 0) is 31.7 Å². The van der Waals surface area contributed by atoms with Crippen molar-refractivity contribution in [2.75, 3.05) is 18.0 Å². The molecule has 0 bridgehead atoms. The minimum absolute atomic E-state index is 0.262. The van der Waals surface area contributed by atoms with Crippen molar-refractivity contribution >= 4 is 5.82 Å². The van der Waals surface area contributed by atoms with Crippen molar-refractivity contribution in [1.29, 1.82) is 10.5 Å². The molecule has 5 heteroatoms. The van der Waals surface area contributed by atoms with Crippen molar-refractivity contribution in [3.63, 3.8) is 0 Å². The molecule has 0 unspecified atom stereocenters. The number of aryl methyl sites for hydroxylation is 1. The normalized spacial score (nSPS) is 15.8. The predicted molar refractivity (Wildman–Crippen MR) is 75.2 cm³/mol. The van der Waals surface area contributed by atoms with Gasteiger partial charge >= 0.3 is 0 Å². The van der Waals surface area contributed by atoms with Crippen LogP contribution in [0.15, 0.2) is 0 Å². The van der Waals surface area contributed by atoms with Gasteiger partial charge < -0.3 is 10.0 Å². The number of pyridine rings is 1. The molecule has 1 aliphatic rings. The van der Waals surface area contributed by atoms with Gasteiger partial charge in [0.05, 0.1) is 22.9 Å². The molecule has 0 saturated carbocycles. The maximum atomic E-state index is 9.58. The van der Waals surface area contributed by atoms with Gasteiger partial charge in [-0.25, -0.2) is 4.98 Å². The Hall–Kier alpha value is -2.11. The van der Waals surface area contributed by atoms with E-state index in [1.807, 2.05) is 11.8 Å². The van der Waals surface area contributed by atoms with Crippen LogP contribution in [0.5, 0.6) is 0 Å². The smallest absolute Gasteiger partial charge is 0.147 e. The largest absolute Gasteiger partial charge is 0.393 e. The Morgan fingerprint density at radius 3 is 2.35 bits per heavy atom. The van der Waals surface area contributed by atoms with Crippen LogP contribution in [0.2, 0.25) is 0 Å². The molecule has 0 atom stereocenters. The Kier molecular flexibility index (Phi) is 4.22. The van der Waals surface area contributed by atoms with Crippen LogP contribution < -0.4 is 4.90 Å². The second-order valence-electron chi connectivity index (χ2n) is 5.04. The van der Waals surface area contributed by atoms with E-state index in [-0.39, 0.29) is 6.10 Å². The molecule has 0 aliphatic carbocycles. The van der Waals surface area contributed by atoms with Gasteiger partial charge in [0, 0.05) is 13.1 Å². The lowest BCUT2D eigenvalue weighted by Crippen LogP contribution is -2.37. The first-order valence-electron chi connectivity index (χ1n) is 6.89. The predicted octanol–water partition coefficient (Wildman–Crippen LogP) is 1.66. The van der Waals surface area contributed by atoms with Crippen molar-refractivity contribution in [3.05, 3.63) is 22.4 Å². The highest BCUT2D eigenvalue weighted by Crippen LogP contribution is 2.28. The second kappa shape index (κ2) is 5.90. The molecule has 5 nitrogen and oxygen atoms in total. The van der Waals surface area contributed by atoms with E-state index in [1.54, 1.807) is 6.92 Å². The van der Waals surface area contributed by atoms with E-state index in [1.165, 1.54) is 0 Å². The van der Waals surface area contributed by atoms with E-state index in [2.05, 4.69) is 17.1 Å². The number of nitriles is 2. The van der Waals surface area contributed by atoms with Crippen molar-refractivity contribution in [2.45, 2.75) is 39.2 Å². The van der Waals surface area contributed by atoms with Crippen molar-refractivity contribution in [3.8, 4) is 12.1 Å². The molecule has 0 spiro atoms. The molecule has 0 aromatic carbocycles. The van der Waals surface area contributed by atoms with Crippen LogP contribution in [-0.2, 0) is 6.42 Å². The first kappa shape index (κ1) is 14.3. The van der Waals surface area contributed by atoms with Crippen LogP contribution in [0, 0.1) is 29.6 Å². The van der Waals surface area contributed by atoms with E-state index in [0.717, 1.165) is 5.56 Å². The highest BCUT2D eigenvalue weighted by atomic mass is 16.3. The van der Waals surface area contributed by atoms with Crippen molar-refractivity contribution in [2.24, 2.45) is 0 Å². The van der Waals surface area contributed by atoms with Gasteiger partial charge in [0.25, 0.3) is 0 Å². The van der Waals surface area contributed by atoms with E-state index >= 15 is 0 Å². The summed E-state index contributed by atoms with van der Waals surface area (Å²) < 4.78 is 0. The number of aromatic nitrogens is 1. The van der Waals surface area contributed by atoms with Gasteiger partial charge in [-0.1, -0.05) is 6.92 Å². The topological polar surface area (TPSA) is 83.9 Å². The SMILES string of the molecule is CCc1c(C#N)c(C)nc(N2CCC(O)CC2)c1C#N. The van der Waals surface area contributed by atoms with E-state index < -0.39 is 0 Å². The number of anilines is 1. The zero-order chi connectivity index (χ0) is 14.7. The highest BCUT2D eigenvalue weighted by molar-refractivity contribution is 5.63. The van der Waals surface area contributed by atoms with Crippen LogP contribution in [0.25, 0.3) is 0 Å². The first-order chi connectivity index (χ1) is 9.62. The minimum Gasteiger partial charge on any atom is -0.393 e. The summed E-state index contributed by atoms with van der Waals surface area (Å²) in [6.07, 6.45) is 1.75. The molecule has 2 rings (SSSR count). The zero-order valence-electron chi connectivity index (χ0n) is 11.8. The standard InChI is InChI=1S/C15H18N4O/c1-3-12-13(8-16)10(2)18-15(14(12)9-17)19-6-4-11(20)5-7-19/h11,20H,3-7H2,1-2H3. The molecular formula is C15H18N4O.